The first-order valence-electron chi connectivity index (χ1n) is 11.4. The normalized spacial score (nSPS) is 15.6. The number of para-hydroxylation sites is 2. The minimum absolute atomic E-state index is 0.0815. The Balaban J connectivity index is 1.49. The van der Waals surface area contributed by atoms with Gasteiger partial charge in [-0.25, -0.2) is 4.99 Å². The van der Waals surface area contributed by atoms with Gasteiger partial charge in [0, 0.05) is 47.4 Å². The van der Waals surface area contributed by atoms with Crippen molar-refractivity contribution in [1.29, 1.82) is 0 Å². The lowest BCUT2D eigenvalue weighted by Crippen LogP contribution is -2.31. The Morgan fingerprint density at radius 1 is 1.00 bits per heavy atom. The molecule has 5 rings (SSSR count). The second-order valence-electron chi connectivity index (χ2n) is 8.32. The molecule has 2 N–H and O–H groups in total. The highest BCUT2D eigenvalue weighted by Gasteiger charge is 2.34. The Labute approximate surface area is 219 Å². The molecule has 1 aliphatic heterocycles. The highest BCUT2D eigenvalue weighted by Crippen LogP contribution is 2.38. The van der Waals surface area contributed by atoms with Crippen LogP contribution < -0.4 is 0 Å². The number of fused-ring (bicyclic) bond motifs is 1. The number of H-pyrrole nitrogens is 1. The SMILES string of the molecule is O=C1/C(=C/c2cccc([N+](=O)[O-])c2O)SC(=Nc2ccc([N+](=O)[O-])cc2)N1CCc1c[nH]c2ccccc12. The molecule has 190 valence electrons. The van der Waals surface area contributed by atoms with Crippen molar-refractivity contribution in [3.8, 4) is 5.75 Å². The molecule has 0 atom stereocenters. The van der Waals surface area contributed by atoms with Gasteiger partial charge in [-0.2, -0.15) is 0 Å². The standard InChI is InChI=1S/C26H19N5O6S/c32-24-16(4-3-7-22(24)31(36)37)14-23-25(33)29(13-12-17-15-27-21-6-2-1-5-20(17)21)26(38-23)28-18-8-10-19(11-9-18)30(34)35/h1-11,14-15,27,32H,12-13H2/b23-14-,28-26?. The highest BCUT2D eigenvalue weighted by molar-refractivity contribution is 8.18. The van der Waals surface area contributed by atoms with E-state index in [0.717, 1.165) is 28.2 Å². The lowest BCUT2D eigenvalue weighted by atomic mass is 10.1. The average Bonchev–Trinajstić information content (AvgIpc) is 3.44. The zero-order valence-corrected chi connectivity index (χ0v) is 20.4. The summed E-state index contributed by atoms with van der Waals surface area (Å²) in [5, 5.41) is 34.0. The van der Waals surface area contributed by atoms with E-state index < -0.39 is 21.3 Å². The van der Waals surface area contributed by atoms with Crippen LogP contribution in [0.3, 0.4) is 0 Å². The Kier molecular flexibility index (Phi) is 6.62. The molecule has 0 unspecified atom stereocenters. The number of hydrogen-bond acceptors (Lipinski definition) is 8. The first-order valence-corrected chi connectivity index (χ1v) is 12.2. The second kappa shape index (κ2) is 10.2. The number of amides is 1. The van der Waals surface area contributed by atoms with Gasteiger partial charge >= 0.3 is 5.69 Å². The van der Waals surface area contributed by atoms with Crippen LogP contribution in [0.4, 0.5) is 17.1 Å². The number of aromatic amines is 1. The van der Waals surface area contributed by atoms with Crippen LogP contribution in [0.2, 0.25) is 0 Å². The molecule has 2 heterocycles. The van der Waals surface area contributed by atoms with Gasteiger partial charge in [0.05, 0.1) is 20.4 Å². The zero-order valence-electron chi connectivity index (χ0n) is 19.6. The second-order valence-corrected chi connectivity index (χ2v) is 9.33. The maximum atomic E-state index is 13.5. The van der Waals surface area contributed by atoms with Crippen molar-refractivity contribution in [2.75, 3.05) is 6.54 Å². The van der Waals surface area contributed by atoms with E-state index in [9.17, 15) is 30.1 Å². The summed E-state index contributed by atoms with van der Waals surface area (Å²) in [4.78, 5) is 43.9. The number of aromatic hydroxyl groups is 1. The highest BCUT2D eigenvalue weighted by atomic mass is 32.2. The number of thioether (sulfide) groups is 1. The van der Waals surface area contributed by atoms with Gasteiger partial charge in [0.1, 0.15) is 0 Å². The Hall–Kier alpha value is -4.97. The number of phenols is 1. The fourth-order valence-corrected chi connectivity index (χ4v) is 5.09. The summed E-state index contributed by atoms with van der Waals surface area (Å²) in [6.07, 6.45) is 3.81. The third-order valence-corrected chi connectivity index (χ3v) is 6.99. The van der Waals surface area contributed by atoms with Gasteiger partial charge in [0.25, 0.3) is 11.6 Å². The van der Waals surface area contributed by atoms with Crippen LogP contribution in [-0.4, -0.2) is 42.5 Å². The molecule has 0 radical (unpaired) electrons. The van der Waals surface area contributed by atoms with Crippen LogP contribution in [-0.2, 0) is 11.2 Å². The number of phenolic OH excluding ortho intramolecular Hbond substituents is 1. The summed E-state index contributed by atoms with van der Waals surface area (Å²) in [7, 11) is 0. The largest absolute Gasteiger partial charge is 0.502 e. The van der Waals surface area contributed by atoms with Gasteiger partial charge in [0.2, 0.25) is 5.75 Å². The van der Waals surface area contributed by atoms with Crippen LogP contribution in [0.1, 0.15) is 11.1 Å². The molecule has 1 aromatic heterocycles. The number of carbonyl (C=O) groups excluding carboxylic acids is 1. The van der Waals surface area contributed by atoms with Crippen molar-refractivity contribution in [2.45, 2.75) is 6.42 Å². The van der Waals surface area contributed by atoms with E-state index in [1.807, 2.05) is 30.5 Å². The van der Waals surface area contributed by atoms with Crippen LogP contribution in [0.15, 0.2) is 82.8 Å². The average molecular weight is 530 g/mol. The van der Waals surface area contributed by atoms with Crippen LogP contribution >= 0.6 is 11.8 Å². The van der Waals surface area contributed by atoms with Crippen molar-refractivity contribution in [1.82, 2.24) is 9.88 Å². The monoisotopic (exact) mass is 529 g/mol. The molecular formula is C26H19N5O6S. The molecule has 1 aliphatic rings. The van der Waals surface area contributed by atoms with Crippen LogP contribution in [0.5, 0.6) is 5.75 Å². The van der Waals surface area contributed by atoms with Crippen molar-refractivity contribution in [2.24, 2.45) is 4.99 Å². The number of aliphatic imine (C=N–C) groups is 1. The molecule has 1 amide bonds. The predicted octanol–water partition coefficient (Wildman–Crippen LogP) is 5.54. The number of nitro benzene ring substituents is 2. The number of non-ortho nitro benzene ring substituents is 1. The van der Waals surface area contributed by atoms with Gasteiger partial charge < -0.3 is 10.1 Å². The molecule has 0 saturated carbocycles. The van der Waals surface area contributed by atoms with Gasteiger partial charge in [-0.15, -0.1) is 0 Å². The molecule has 11 nitrogen and oxygen atoms in total. The Bertz CT molecular complexity index is 1640. The van der Waals surface area contributed by atoms with Crippen LogP contribution in [0, 0.1) is 20.2 Å². The number of aromatic nitrogens is 1. The summed E-state index contributed by atoms with van der Waals surface area (Å²) >= 11 is 1.06. The summed E-state index contributed by atoms with van der Waals surface area (Å²) in [6, 6.07) is 17.5. The van der Waals surface area contributed by atoms with Gasteiger partial charge in [-0.05, 0) is 48.0 Å². The quantitative estimate of drug-likeness (QED) is 0.181. The molecule has 3 aromatic carbocycles. The molecular weight excluding hydrogens is 510 g/mol. The molecule has 38 heavy (non-hydrogen) atoms. The minimum atomic E-state index is -0.698. The van der Waals surface area contributed by atoms with Crippen LogP contribution in [0.25, 0.3) is 17.0 Å². The Morgan fingerprint density at radius 3 is 2.50 bits per heavy atom. The number of rotatable bonds is 7. The number of benzene rings is 3. The molecule has 0 bridgehead atoms. The van der Waals surface area contributed by atoms with Crippen molar-refractivity contribution >= 4 is 56.9 Å². The molecule has 0 aliphatic carbocycles. The number of nitro groups is 2. The predicted molar refractivity (Wildman–Crippen MR) is 144 cm³/mol. The maximum Gasteiger partial charge on any atom is 0.311 e. The van der Waals surface area contributed by atoms with E-state index in [0.29, 0.717) is 17.3 Å². The third-order valence-electron chi connectivity index (χ3n) is 5.98. The molecule has 0 spiro atoms. The maximum absolute atomic E-state index is 13.5. The first-order chi connectivity index (χ1) is 18.3. The van der Waals surface area contributed by atoms with E-state index >= 15 is 0 Å². The van der Waals surface area contributed by atoms with E-state index in [1.165, 1.54) is 53.4 Å². The number of hydrogen-bond donors (Lipinski definition) is 2. The van der Waals surface area contributed by atoms with E-state index in [2.05, 4.69) is 9.98 Å². The van der Waals surface area contributed by atoms with E-state index in [1.54, 1.807) is 0 Å². The van der Waals surface area contributed by atoms with E-state index in [4.69, 9.17) is 0 Å². The summed E-state index contributed by atoms with van der Waals surface area (Å²) in [5.74, 6) is -0.911. The summed E-state index contributed by atoms with van der Waals surface area (Å²) in [5.41, 5.74) is 1.99. The molecule has 4 aromatic rings. The van der Waals surface area contributed by atoms with Gasteiger partial charge in [0.15, 0.2) is 5.17 Å². The van der Waals surface area contributed by atoms with E-state index in [-0.39, 0.29) is 28.6 Å². The lowest BCUT2D eigenvalue weighted by Gasteiger charge is -2.15. The van der Waals surface area contributed by atoms with Crippen molar-refractivity contribution in [3.05, 3.63) is 109 Å². The summed E-state index contributed by atoms with van der Waals surface area (Å²) in [6.45, 7) is 0.289. The summed E-state index contributed by atoms with van der Waals surface area (Å²) < 4.78 is 0. The zero-order chi connectivity index (χ0) is 26.8. The molecule has 12 heteroatoms. The number of carbonyl (C=O) groups is 1. The first kappa shape index (κ1) is 24.7. The topological polar surface area (TPSA) is 155 Å². The number of nitrogens with one attached hydrogen (secondary N) is 1. The molecule has 1 saturated heterocycles. The third kappa shape index (κ3) is 4.84. The van der Waals surface area contributed by atoms with Gasteiger partial charge in [-0.3, -0.25) is 29.9 Å². The minimum Gasteiger partial charge on any atom is -0.502 e. The van der Waals surface area contributed by atoms with Crippen molar-refractivity contribution < 1.29 is 19.7 Å². The number of amidine groups is 1. The van der Waals surface area contributed by atoms with Crippen molar-refractivity contribution in [3.63, 3.8) is 0 Å². The molecule has 1 fully saturated rings. The fraction of sp³-hybridized carbons (Fsp3) is 0.0769. The van der Waals surface area contributed by atoms with Gasteiger partial charge in [-0.1, -0.05) is 30.3 Å². The lowest BCUT2D eigenvalue weighted by molar-refractivity contribution is -0.385. The smallest absolute Gasteiger partial charge is 0.311 e. The Morgan fingerprint density at radius 2 is 1.76 bits per heavy atom. The fourth-order valence-electron chi connectivity index (χ4n) is 4.07. The number of nitrogens with zero attached hydrogens (tertiary/aromatic N) is 4.